The maximum Gasteiger partial charge on any atom is 0.354 e. The Morgan fingerprint density at radius 2 is 2.00 bits per heavy atom. The maximum atomic E-state index is 11.1. The zero-order valence-electron chi connectivity index (χ0n) is 12.2. The molecular formula is C13H19N3O4. The van der Waals surface area contributed by atoms with Gasteiger partial charge >= 0.3 is 11.7 Å². The molecule has 1 aromatic rings. The van der Waals surface area contributed by atoms with E-state index in [2.05, 4.69) is 4.98 Å². The van der Waals surface area contributed by atoms with E-state index in [0.29, 0.717) is 0 Å². The first-order valence-corrected chi connectivity index (χ1v) is 6.17. The van der Waals surface area contributed by atoms with Gasteiger partial charge in [-0.1, -0.05) is 20.8 Å². The monoisotopic (exact) mass is 281 g/mol. The Balaban J connectivity index is 3.36. The Hall–Kier alpha value is -2.18. The molecule has 0 bridgehead atoms. The van der Waals surface area contributed by atoms with E-state index in [1.807, 2.05) is 27.7 Å². The van der Waals surface area contributed by atoms with Crippen molar-refractivity contribution in [2.45, 2.75) is 33.7 Å². The average molecular weight is 281 g/mol. The number of anilines is 1. The molecule has 7 heteroatoms. The molecule has 0 amide bonds. The van der Waals surface area contributed by atoms with E-state index >= 15 is 0 Å². The number of rotatable bonds is 4. The molecule has 0 saturated heterocycles. The summed E-state index contributed by atoms with van der Waals surface area (Å²) in [6, 6.07) is 2.26. The predicted molar refractivity (Wildman–Crippen MR) is 75.2 cm³/mol. The fraction of sp³-hybridized carbons (Fsp3) is 0.538. The van der Waals surface area contributed by atoms with E-state index in [1.54, 1.807) is 11.9 Å². The summed E-state index contributed by atoms with van der Waals surface area (Å²) in [5, 5.41) is 20.0. The molecule has 7 nitrogen and oxygen atoms in total. The SMILES string of the molecule is CC(N(C)c1nc(C(=O)O)ccc1[N+](=O)[O-])C(C)(C)C. The first kappa shape index (κ1) is 15.9. The molecule has 0 aliphatic rings. The molecule has 0 aliphatic carbocycles. The molecule has 0 aliphatic heterocycles. The van der Waals surface area contributed by atoms with Gasteiger partial charge in [-0.15, -0.1) is 0 Å². The van der Waals surface area contributed by atoms with Crippen LogP contribution in [-0.2, 0) is 0 Å². The van der Waals surface area contributed by atoms with Crippen LogP contribution in [0.3, 0.4) is 0 Å². The molecule has 20 heavy (non-hydrogen) atoms. The minimum atomic E-state index is -1.21. The lowest BCUT2D eigenvalue weighted by atomic mass is 9.87. The summed E-state index contributed by atoms with van der Waals surface area (Å²) < 4.78 is 0. The summed E-state index contributed by atoms with van der Waals surface area (Å²) in [5.41, 5.74) is -0.545. The van der Waals surface area contributed by atoms with E-state index in [9.17, 15) is 14.9 Å². The summed E-state index contributed by atoms with van der Waals surface area (Å²) in [6.07, 6.45) is 0. The van der Waals surface area contributed by atoms with Crippen LogP contribution < -0.4 is 4.90 Å². The van der Waals surface area contributed by atoms with Crippen LogP contribution in [0.15, 0.2) is 12.1 Å². The molecule has 110 valence electrons. The van der Waals surface area contributed by atoms with Gasteiger partial charge in [-0.05, 0) is 18.4 Å². The van der Waals surface area contributed by atoms with Gasteiger partial charge in [0.25, 0.3) is 0 Å². The van der Waals surface area contributed by atoms with Crippen molar-refractivity contribution in [2.24, 2.45) is 5.41 Å². The number of aromatic carboxylic acids is 1. The van der Waals surface area contributed by atoms with Crippen LogP contribution in [0.25, 0.3) is 0 Å². The Labute approximate surface area is 117 Å². The lowest BCUT2D eigenvalue weighted by molar-refractivity contribution is -0.384. The van der Waals surface area contributed by atoms with Crippen molar-refractivity contribution in [2.75, 3.05) is 11.9 Å². The molecule has 1 unspecified atom stereocenters. The molecule has 1 heterocycles. The standard InChI is InChI=1S/C13H19N3O4/c1-8(13(2,3)4)15(5)11-10(16(19)20)7-6-9(14-11)12(17)18/h6-8H,1-5H3,(H,17,18). The highest BCUT2D eigenvalue weighted by Gasteiger charge is 2.30. The van der Waals surface area contributed by atoms with Crippen molar-refractivity contribution in [3.63, 3.8) is 0 Å². The van der Waals surface area contributed by atoms with E-state index in [1.165, 1.54) is 6.07 Å². The second kappa shape index (κ2) is 5.44. The number of carbonyl (C=O) groups is 1. The van der Waals surface area contributed by atoms with Crippen LogP contribution in [0.5, 0.6) is 0 Å². The number of carboxylic acids is 1. The summed E-state index contributed by atoms with van der Waals surface area (Å²) in [7, 11) is 1.68. The maximum absolute atomic E-state index is 11.1. The lowest BCUT2D eigenvalue weighted by Gasteiger charge is -2.35. The van der Waals surface area contributed by atoms with Crippen molar-refractivity contribution < 1.29 is 14.8 Å². The number of pyridine rings is 1. The zero-order valence-corrected chi connectivity index (χ0v) is 12.2. The second-order valence-electron chi connectivity index (χ2n) is 5.75. The van der Waals surface area contributed by atoms with E-state index in [-0.39, 0.29) is 28.7 Å². The highest BCUT2D eigenvalue weighted by molar-refractivity contribution is 5.86. The number of nitrogens with zero attached hydrogens (tertiary/aromatic N) is 3. The van der Waals surface area contributed by atoms with Crippen LogP contribution in [-0.4, -0.2) is 34.1 Å². The van der Waals surface area contributed by atoms with Crippen LogP contribution in [0.4, 0.5) is 11.5 Å². The third-order valence-electron chi connectivity index (χ3n) is 3.44. The molecule has 0 aromatic carbocycles. The quantitative estimate of drug-likeness (QED) is 0.673. The number of hydrogen-bond acceptors (Lipinski definition) is 5. The molecule has 1 N–H and O–H groups in total. The molecule has 0 radical (unpaired) electrons. The fourth-order valence-electron chi connectivity index (χ4n) is 1.73. The van der Waals surface area contributed by atoms with Gasteiger partial charge in [-0.2, -0.15) is 0 Å². The highest BCUT2D eigenvalue weighted by Crippen LogP contribution is 2.31. The fourth-order valence-corrected chi connectivity index (χ4v) is 1.73. The molecule has 1 rings (SSSR count). The number of hydrogen-bond donors (Lipinski definition) is 1. The number of aromatic nitrogens is 1. The lowest BCUT2D eigenvalue weighted by Crippen LogP contribution is -2.40. The zero-order chi connectivity index (χ0) is 15.7. The highest BCUT2D eigenvalue weighted by atomic mass is 16.6. The molecule has 1 aromatic heterocycles. The van der Waals surface area contributed by atoms with Gasteiger partial charge in [-0.25, -0.2) is 9.78 Å². The summed E-state index contributed by atoms with van der Waals surface area (Å²) >= 11 is 0. The predicted octanol–water partition coefficient (Wildman–Crippen LogP) is 2.56. The molecule has 1 atom stereocenters. The number of nitro groups is 1. The first-order chi connectivity index (χ1) is 9.05. The van der Waals surface area contributed by atoms with Gasteiger partial charge < -0.3 is 10.0 Å². The van der Waals surface area contributed by atoms with Gasteiger partial charge in [-0.3, -0.25) is 10.1 Å². The Bertz CT molecular complexity index is 537. The van der Waals surface area contributed by atoms with E-state index < -0.39 is 10.9 Å². The third kappa shape index (κ3) is 3.23. The summed E-state index contributed by atoms with van der Waals surface area (Å²) in [4.78, 5) is 27.0. The van der Waals surface area contributed by atoms with Gasteiger partial charge in [0, 0.05) is 19.2 Å². The number of carboxylic acid groups (broad SMARTS) is 1. The van der Waals surface area contributed by atoms with Crippen LogP contribution >= 0.6 is 0 Å². The summed E-state index contributed by atoms with van der Waals surface area (Å²) in [6.45, 7) is 7.92. The van der Waals surface area contributed by atoms with Crippen LogP contribution in [0, 0.1) is 15.5 Å². The average Bonchev–Trinajstić information content (AvgIpc) is 2.34. The third-order valence-corrected chi connectivity index (χ3v) is 3.44. The van der Waals surface area contributed by atoms with Crippen LogP contribution in [0.1, 0.15) is 38.2 Å². The largest absolute Gasteiger partial charge is 0.477 e. The van der Waals surface area contributed by atoms with Crippen molar-refractivity contribution in [3.8, 4) is 0 Å². The topological polar surface area (TPSA) is 96.6 Å². The first-order valence-electron chi connectivity index (χ1n) is 6.17. The van der Waals surface area contributed by atoms with Gasteiger partial charge in [0.15, 0.2) is 5.69 Å². The Morgan fingerprint density at radius 3 is 2.40 bits per heavy atom. The minimum absolute atomic E-state index is 0.0576. The molecular weight excluding hydrogens is 262 g/mol. The van der Waals surface area contributed by atoms with Gasteiger partial charge in [0.05, 0.1) is 4.92 Å². The van der Waals surface area contributed by atoms with Crippen molar-refractivity contribution >= 4 is 17.5 Å². The molecule has 0 fully saturated rings. The molecule has 0 saturated carbocycles. The minimum Gasteiger partial charge on any atom is -0.477 e. The van der Waals surface area contributed by atoms with Gasteiger partial charge in [0.2, 0.25) is 5.82 Å². The van der Waals surface area contributed by atoms with Gasteiger partial charge in [0.1, 0.15) is 0 Å². The van der Waals surface area contributed by atoms with Crippen molar-refractivity contribution in [3.05, 3.63) is 27.9 Å². The van der Waals surface area contributed by atoms with E-state index in [4.69, 9.17) is 5.11 Å². The van der Waals surface area contributed by atoms with Crippen molar-refractivity contribution in [1.29, 1.82) is 0 Å². The van der Waals surface area contributed by atoms with Crippen molar-refractivity contribution in [1.82, 2.24) is 4.98 Å². The molecule has 0 spiro atoms. The normalized spacial score (nSPS) is 12.8. The second-order valence-corrected chi connectivity index (χ2v) is 5.75. The Kier molecular flexibility index (Phi) is 4.32. The Morgan fingerprint density at radius 1 is 1.45 bits per heavy atom. The van der Waals surface area contributed by atoms with E-state index in [0.717, 1.165) is 6.07 Å². The van der Waals surface area contributed by atoms with Crippen LogP contribution in [0.2, 0.25) is 0 Å². The smallest absolute Gasteiger partial charge is 0.354 e. The summed E-state index contributed by atoms with van der Waals surface area (Å²) in [5.74, 6) is -1.14.